The summed E-state index contributed by atoms with van der Waals surface area (Å²) in [5.41, 5.74) is 1.30. The number of aromatic nitrogens is 3. The van der Waals surface area contributed by atoms with Crippen LogP contribution in [0.5, 0.6) is 0 Å². The Kier molecular flexibility index (Phi) is 4.57. The van der Waals surface area contributed by atoms with E-state index in [1.54, 1.807) is 12.4 Å². The van der Waals surface area contributed by atoms with Crippen molar-refractivity contribution in [1.82, 2.24) is 15.0 Å². The van der Waals surface area contributed by atoms with Gasteiger partial charge in [0.25, 0.3) is 5.69 Å². The first kappa shape index (κ1) is 15.3. The van der Waals surface area contributed by atoms with Gasteiger partial charge in [0.2, 0.25) is 0 Å². The van der Waals surface area contributed by atoms with E-state index in [4.69, 9.17) is 0 Å². The van der Waals surface area contributed by atoms with E-state index in [1.807, 2.05) is 36.4 Å². The van der Waals surface area contributed by atoms with E-state index in [0.717, 1.165) is 6.20 Å². The van der Waals surface area contributed by atoms with Crippen molar-refractivity contribution >= 4 is 11.5 Å². The van der Waals surface area contributed by atoms with Gasteiger partial charge in [0.15, 0.2) is 11.9 Å². The number of rotatable bonds is 5. The number of nitrogens with zero attached hydrogens (tertiary/aromatic N) is 6. The van der Waals surface area contributed by atoms with E-state index in [-0.39, 0.29) is 11.5 Å². The first-order valence-corrected chi connectivity index (χ1v) is 7.07. The molecule has 8 heteroatoms. The largest absolute Gasteiger partial charge is 0.287 e. The lowest BCUT2D eigenvalue weighted by atomic mass is 10.1. The topological polar surface area (TPSA) is 107 Å². The first-order chi connectivity index (χ1) is 11.7. The molecule has 3 aromatic rings. The van der Waals surface area contributed by atoms with Crippen molar-refractivity contribution in [1.29, 1.82) is 0 Å². The lowest BCUT2D eigenvalue weighted by molar-refractivity contribution is -0.385. The molecule has 0 fully saturated rings. The highest BCUT2D eigenvalue weighted by atomic mass is 16.6. The smallest absolute Gasteiger partial charge is 0.259 e. The highest BCUT2D eigenvalue weighted by molar-refractivity contribution is 5.35. The van der Waals surface area contributed by atoms with Crippen LogP contribution in [-0.2, 0) is 0 Å². The summed E-state index contributed by atoms with van der Waals surface area (Å²) in [4.78, 5) is 22.6. The molecule has 0 aliphatic carbocycles. The van der Waals surface area contributed by atoms with Gasteiger partial charge >= 0.3 is 0 Å². The molecule has 0 amide bonds. The Morgan fingerprint density at radius 3 is 2.04 bits per heavy atom. The Morgan fingerprint density at radius 2 is 1.58 bits per heavy atom. The molecule has 0 unspecified atom stereocenters. The number of pyridine rings is 3. The minimum absolute atomic E-state index is 0.0973. The first-order valence-electron chi connectivity index (χ1n) is 7.07. The van der Waals surface area contributed by atoms with Crippen molar-refractivity contribution in [3.8, 4) is 0 Å². The van der Waals surface area contributed by atoms with E-state index in [2.05, 4.69) is 25.2 Å². The fourth-order valence-electron chi connectivity index (χ4n) is 2.01. The summed E-state index contributed by atoms with van der Waals surface area (Å²) in [7, 11) is 0. The standard InChI is InChI=1S/C16H12N6O2/c23-22(24)12-7-8-15(19-11-12)20-21-16(13-5-1-3-9-17-13)14-6-2-4-10-18-14/h1-11,16H. The van der Waals surface area contributed by atoms with Gasteiger partial charge in [0.05, 0.1) is 16.3 Å². The molecular formula is C16H12N6O2. The molecule has 0 N–H and O–H groups in total. The molecule has 0 aliphatic rings. The molecular weight excluding hydrogens is 308 g/mol. The van der Waals surface area contributed by atoms with Crippen molar-refractivity contribution in [2.24, 2.45) is 10.2 Å². The number of hydrogen-bond donors (Lipinski definition) is 0. The molecule has 118 valence electrons. The summed E-state index contributed by atoms with van der Waals surface area (Å²) in [5, 5.41) is 19.0. The third kappa shape index (κ3) is 3.61. The normalized spacial score (nSPS) is 11.0. The molecule has 8 nitrogen and oxygen atoms in total. The Hall–Kier alpha value is -3.55. The molecule has 0 bridgehead atoms. The van der Waals surface area contributed by atoms with Gasteiger partial charge in [-0.3, -0.25) is 20.1 Å². The molecule has 0 aliphatic heterocycles. The van der Waals surface area contributed by atoms with Crippen molar-refractivity contribution in [3.05, 3.63) is 88.6 Å². The van der Waals surface area contributed by atoms with Crippen LogP contribution in [0, 0.1) is 10.1 Å². The second-order valence-electron chi connectivity index (χ2n) is 4.76. The van der Waals surface area contributed by atoms with Crippen molar-refractivity contribution < 1.29 is 4.92 Å². The molecule has 0 saturated carbocycles. The summed E-state index contributed by atoms with van der Waals surface area (Å²) < 4.78 is 0. The Morgan fingerprint density at radius 1 is 0.917 bits per heavy atom. The van der Waals surface area contributed by atoms with Gasteiger partial charge in [-0.1, -0.05) is 12.1 Å². The molecule has 0 radical (unpaired) electrons. The van der Waals surface area contributed by atoms with E-state index < -0.39 is 11.0 Å². The van der Waals surface area contributed by atoms with Crippen LogP contribution in [0.3, 0.4) is 0 Å². The van der Waals surface area contributed by atoms with Crippen LogP contribution >= 0.6 is 0 Å². The van der Waals surface area contributed by atoms with Crippen LogP contribution in [0.1, 0.15) is 17.4 Å². The van der Waals surface area contributed by atoms with Crippen molar-refractivity contribution in [3.63, 3.8) is 0 Å². The Bertz CT molecular complexity index is 798. The Balaban J connectivity index is 1.90. The molecule has 0 atom stereocenters. The van der Waals surface area contributed by atoms with E-state index in [1.165, 1.54) is 12.1 Å². The molecule has 3 aromatic heterocycles. The number of hydrogen-bond acceptors (Lipinski definition) is 7. The molecule has 3 heterocycles. The van der Waals surface area contributed by atoms with Crippen molar-refractivity contribution in [2.75, 3.05) is 0 Å². The maximum absolute atomic E-state index is 10.6. The fourth-order valence-corrected chi connectivity index (χ4v) is 2.01. The highest BCUT2D eigenvalue weighted by Crippen LogP contribution is 2.25. The van der Waals surface area contributed by atoms with Crippen LogP contribution in [0.2, 0.25) is 0 Å². The second-order valence-corrected chi connectivity index (χ2v) is 4.76. The summed E-state index contributed by atoms with van der Waals surface area (Å²) in [6.45, 7) is 0. The van der Waals surface area contributed by atoms with Crippen molar-refractivity contribution in [2.45, 2.75) is 6.04 Å². The summed E-state index contributed by atoms with van der Waals surface area (Å²) in [6.07, 6.45) is 4.49. The van der Waals surface area contributed by atoms with Crippen LogP contribution in [0.15, 0.2) is 77.3 Å². The highest BCUT2D eigenvalue weighted by Gasteiger charge is 2.16. The summed E-state index contributed by atoms with van der Waals surface area (Å²) >= 11 is 0. The van der Waals surface area contributed by atoms with Gasteiger partial charge in [-0.15, -0.1) is 5.11 Å². The van der Waals surface area contributed by atoms with Crippen LogP contribution in [0.25, 0.3) is 0 Å². The predicted octanol–water partition coefficient (Wildman–Crippen LogP) is 3.65. The van der Waals surface area contributed by atoms with Gasteiger partial charge in [-0.05, 0) is 30.3 Å². The van der Waals surface area contributed by atoms with Crippen LogP contribution < -0.4 is 0 Å². The molecule has 0 aromatic carbocycles. The lowest BCUT2D eigenvalue weighted by Crippen LogP contribution is -2.02. The third-order valence-corrected chi connectivity index (χ3v) is 3.15. The van der Waals surface area contributed by atoms with Gasteiger partial charge in [0.1, 0.15) is 6.20 Å². The van der Waals surface area contributed by atoms with Gasteiger partial charge in [-0.2, -0.15) is 5.11 Å². The summed E-state index contributed by atoms with van der Waals surface area (Å²) in [5.74, 6) is 0.275. The zero-order valence-electron chi connectivity index (χ0n) is 12.4. The van der Waals surface area contributed by atoms with Gasteiger partial charge in [0, 0.05) is 18.5 Å². The van der Waals surface area contributed by atoms with E-state index >= 15 is 0 Å². The molecule has 0 spiro atoms. The van der Waals surface area contributed by atoms with Crippen LogP contribution in [0.4, 0.5) is 11.5 Å². The zero-order valence-corrected chi connectivity index (χ0v) is 12.4. The minimum Gasteiger partial charge on any atom is -0.259 e. The maximum atomic E-state index is 10.6. The SMILES string of the molecule is O=[N+]([O-])c1ccc(N=NC(c2ccccn2)c2ccccn2)nc1. The predicted molar refractivity (Wildman–Crippen MR) is 85.7 cm³/mol. The lowest BCUT2D eigenvalue weighted by Gasteiger charge is -2.09. The Labute approximate surface area is 137 Å². The van der Waals surface area contributed by atoms with Gasteiger partial charge < -0.3 is 0 Å². The minimum atomic E-state index is -0.515. The monoisotopic (exact) mass is 320 g/mol. The summed E-state index contributed by atoms with van der Waals surface area (Å²) in [6, 6.07) is 13.3. The third-order valence-electron chi connectivity index (χ3n) is 3.15. The second kappa shape index (κ2) is 7.14. The molecule has 3 rings (SSSR count). The average molecular weight is 320 g/mol. The quantitative estimate of drug-likeness (QED) is 0.405. The maximum Gasteiger partial charge on any atom is 0.287 e. The molecule has 24 heavy (non-hydrogen) atoms. The van der Waals surface area contributed by atoms with Gasteiger partial charge in [-0.25, -0.2) is 4.98 Å². The number of azo groups is 1. The average Bonchev–Trinajstić information content (AvgIpc) is 2.64. The molecule has 0 saturated heterocycles. The zero-order chi connectivity index (χ0) is 16.8. The van der Waals surface area contributed by atoms with E-state index in [9.17, 15) is 10.1 Å². The number of nitro groups is 1. The fraction of sp³-hybridized carbons (Fsp3) is 0.0625. The van der Waals surface area contributed by atoms with Crippen LogP contribution in [-0.4, -0.2) is 19.9 Å². The van der Waals surface area contributed by atoms with E-state index in [0.29, 0.717) is 11.4 Å².